The summed E-state index contributed by atoms with van der Waals surface area (Å²) >= 11 is 5.70. The zero-order chi connectivity index (χ0) is 14.7. The number of pyridine rings is 1. The molecule has 5 nitrogen and oxygen atoms in total. The normalized spacial score (nSPS) is 10.1. The fourth-order valence-corrected chi connectivity index (χ4v) is 1.71. The van der Waals surface area contributed by atoms with Crippen molar-refractivity contribution in [1.29, 1.82) is 0 Å². The lowest BCUT2D eigenvalue weighted by Crippen LogP contribution is -2.15. The van der Waals surface area contributed by atoms with Gasteiger partial charge in [0.2, 0.25) is 0 Å². The molecule has 0 aliphatic heterocycles. The maximum Gasteiger partial charge on any atom is 0.337 e. The smallest absolute Gasteiger partial charge is 0.337 e. The van der Waals surface area contributed by atoms with Gasteiger partial charge in [-0.15, -0.1) is 0 Å². The Morgan fingerprint density at radius 2 is 2.00 bits per heavy atom. The molecule has 0 fully saturated rings. The average molecular weight is 295 g/mol. The van der Waals surface area contributed by atoms with Gasteiger partial charge in [0.05, 0.1) is 23.0 Å². The molecule has 1 aromatic heterocycles. The molecule has 1 aromatic carbocycles. The van der Waals surface area contributed by atoms with E-state index in [2.05, 4.69) is 10.3 Å². The first-order valence-corrected chi connectivity index (χ1v) is 5.80. The number of amides is 1. The van der Waals surface area contributed by atoms with Crippen molar-refractivity contribution >= 4 is 29.2 Å². The number of carboxylic acid groups (broad SMARTS) is 1. The first-order valence-electron chi connectivity index (χ1n) is 5.42. The second kappa shape index (κ2) is 5.66. The highest BCUT2D eigenvalue weighted by Gasteiger charge is 2.14. The summed E-state index contributed by atoms with van der Waals surface area (Å²) in [6.45, 7) is 0. The molecule has 0 saturated carbocycles. The van der Waals surface area contributed by atoms with Gasteiger partial charge in [-0.1, -0.05) is 11.6 Å². The molecule has 0 aliphatic carbocycles. The van der Waals surface area contributed by atoms with Crippen LogP contribution in [-0.4, -0.2) is 22.0 Å². The van der Waals surface area contributed by atoms with Crippen molar-refractivity contribution < 1.29 is 19.1 Å². The number of aromatic nitrogens is 1. The lowest BCUT2D eigenvalue weighted by atomic mass is 10.1. The molecular formula is C13H8ClFN2O3. The third-order valence-corrected chi connectivity index (χ3v) is 2.66. The minimum absolute atomic E-state index is 0.0173. The summed E-state index contributed by atoms with van der Waals surface area (Å²) in [7, 11) is 0. The van der Waals surface area contributed by atoms with Crippen LogP contribution in [0.2, 0.25) is 5.02 Å². The summed E-state index contributed by atoms with van der Waals surface area (Å²) < 4.78 is 13.0. The fourth-order valence-electron chi connectivity index (χ4n) is 1.53. The van der Waals surface area contributed by atoms with E-state index in [1.165, 1.54) is 24.4 Å². The maximum atomic E-state index is 13.0. The lowest BCUT2D eigenvalue weighted by molar-refractivity contribution is 0.0698. The van der Waals surface area contributed by atoms with E-state index in [9.17, 15) is 14.0 Å². The number of nitrogens with one attached hydrogen (secondary N) is 1. The van der Waals surface area contributed by atoms with Crippen molar-refractivity contribution in [3.8, 4) is 0 Å². The highest BCUT2D eigenvalue weighted by Crippen LogP contribution is 2.21. The number of carboxylic acids is 1. The van der Waals surface area contributed by atoms with Crippen LogP contribution in [0, 0.1) is 5.82 Å². The summed E-state index contributed by atoms with van der Waals surface area (Å²) in [5, 5.41) is 11.6. The predicted molar refractivity (Wildman–Crippen MR) is 70.6 cm³/mol. The lowest BCUT2D eigenvalue weighted by Gasteiger charge is -2.08. The van der Waals surface area contributed by atoms with Crippen LogP contribution in [0.5, 0.6) is 0 Å². The molecule has 7 heteroatoms. The molecule has 0 atom stereocenters. The van der Waals surface area contributed by atoms with Crippen LogP contribution in [0.1, 0.15) is 20.7 Å². The number of nitrogens with zero attached hydrogens (tertiary/aromatic N) is 1. The average Bonchev–Trinajstić information content (AvgIpc) is 2.40. The van der Waals surface area contributed by atoms with Crippen molar-refractivity contribution in [2.24, 2.45) is 0 Å². The van der Waals surface area contributed by atoms with Gasteiger partial charge in [-0.3, -0.25) is 9.78 Å². The van der Waals surface area contributed by atoms with Gasteiger partial charge >= 0.3 is 5.97 Å². The molecule has 0 radical (unpaired) electrons. The third kappa shape index (κ3) is 3.10. The summed E-state index contributed by atoms with van der Waals surface area (Å²) in [5.74, 6) is -2.56. The van der Waals surface area contributed by atoms with E-state index in [1.54, 1.807) is 0 Å². The third-order valence-electron chi connectivity index (χ3n) is 2.43. The Kier molecular flexibility index (Phi) is 3.95. The summed E-state index contributed by atoms with van der Waals surface area (Å²) in [4.78, 5) is 26.5. The van der Waals surface area contributed by atoms with Crippen LogP contribution < -0.4 is 5.32 Å². The Balaban J connectivity index is 2.30. The Hall–Kier alpha value is -2.47. The molecule has 102 valence electrons. The molecule has 0 aliphatic rings. The van der Waals surface area contributed by atoms with Crippen LogP contribution in [-0.2, 0) is 0 Å². The Bertz CT molecular complexity index is 691. The number of benzene rings is 1. The van der Waals surface area contributed by atoms with E-state index in [4.69, 9.17) is 16.7 Å². The van der Waals surface area contributed by atoms with Crippen molar-refractivity contribution in [2.75, 3.05) is 5.32 Å². The van der Waals surface area contributed by atoms with Gasteiger partial charge in [0.15, 0.2) is 0 Å². The molecular weight excluding hydrogens is 287 g/mol. The fraction of sp³-hybridized carbons (Fsp3) is 0. The Morgan fingerprint density at radius 1 is 1.25 bits per heavy atom. The molecule has 0 bridgehead atoms. The largest absolute Gasteiger partial charge is 0.478 e. The van der Waals surface area contributed by atoms with Crippen molar-refractivity contribution in [1.82, 2.24) is 4.98 Å². The predicted octanol–water partition coefficient (Wildman–Crippen LogP) is 2.82. The number of rotatable bonds is 3. The van der Waals surface area contributed by atoms with Gasteiger partial charge < -0.3 is 10.4 Å². The molecule has 0 unspecified atom stereocenters. The van der Waals surface area contributed by atoms with E-state index < -0.39 is 17.7 Å². The van der Waals surface area contributed by atoms with Gasteiger partial charge in [-0.05, 0) is 24.3 Å². The van der Waals surface area contributed by atoms with Crippen LogP contribution in [0.25, 0.3) is 0 Å². The number of carbonyl (C=O) groups excluding carboxylic acids is 1. The quantitative estimate of drug-likeness (QED) is 0.912. The van der Waals surface area contributed by atoms with Crippen molar-refractivity contribution in [2.45, 2.75) is 0 Å². The standard InChI is InChI=1S/C13H8ClFN2O3/c14-8-1-2-11(10(4-8)13(19)20)17-12(18)7-3-9(15)6-16-5-7/h1-6H,(H,17,18)(H,19,20). The molecule has 2 N–H and O–H groups in total. The summed E-state index contributed by atoms with van der Waals surface area (Å²) in [6.07, 6.45) is 2.14. The Morgan fingerprint density at radius 3 is 2.65 bits per heavy atom. The van der Waals surface area contributed by atoms with Crippen molar-refractivity contribution in [3.63, 3.8) is 0 Å². The SMILES string of the molecule is O=C(Nc1ccc(Cl)cc1C(=O)O)c1cncc(F)c1. The minimum Gasteiger partial charge on any atom is -0.478 e. The van der Waals surface area contributed by atoms with Crippen LogP contribution >= 0.6 is 11.6 Å². The molecule has 2 rings (SSSR count). The van der Waals surface area contributed by atoms with Crippen molar-refractivity contribution in [3.05, 3.63) is 58.6 Å². The first-order chi connectivity index (χ1) is 9.47. The highest BCUT2D eigenvalue weighted by molar-refractivity contribution is 6.31. The molecule has 0 spiro atoms. The zero-order valence-electron chi connectivity index (χ0n) is 9.93. The highest BCUT2D eigenvalue weighted by atomic mass is 35.5. The molecule has 2 aromatic rings. The number of hydrogen-bond donors (Lipinski definition) is 2. The van der Waals surface area contributed by atoms with E-state index in [0.29, 0.717) is 0 Å². The topological polar surface area (TPSA) is 79.3 Å². The van der Waals surface area contributed by atoms with Gasteiger partial charge in [0.25, 0.3) is 5.91 Å². The minimum atomic E-state index is -1.24. The summed E-state index contributed by atoms with van der Waals surface area (Å²) in [6, 6.07) is 5.01. The van der Waals surface area contributed by atoms with E-state index >= 15 is 0 Å². The molecule has 1 amide bonds. The Labute approximate surface area is 118 Å². The van der Waals surface area contributed by atoms with E-state index in [1.807, 2.05) is 0 Å². The van der Waals surface area contributed by atoms with Gasteiger partial charge in [0.1, 0.15) is 5.82 Å². The van der Waals surface area contributed by atoms with Crippen LogP contribution in [0.4, 0.5) is 10.1 Å². The number of anilines is 1. The van der Waals surface area contributed by atoms with Gasteiger partial charge in [-0.2, -0.15) is 0 Å². The summed E-state index contributed by atoms with van der Waals surface area (Å²) in [5.41, 5.74) is -0.109. The number of aromatic carboxylic acids is 1. The van der Waals surface area contributed by atoms with Gasteiger partial charge in [-0.25, -0.2) is 9.18 Å². The number of halogens is 2. The zero-order valence-corrected chi connectivity index (χ0v) is 10.7. The van der Waals surface area contributed by atoms with Gasteiger partial charge in [0, 0.05) is 11.2 Å². The van der Waals surface area contributed by atoms with Crippen LogP contribution in [0.15, 0.2) is 36.7 Å². The number of hydrogen-bond acceptors (Lipinski definition) is 3. The second-order valence-corrected chi connectivity index (χ2v) is 4.28. The molecule has 1 heterocycles. The van der Waals surface area contributed by atoms with Crippen LogP contribution in [0.3, 0.4) is 0 Å². The second-order valence-electron chi connectivity index (χ2n) is 3.84. The first kappa shape index (κ1) is 14.0. The molecule has 20 heavy (non-hydrogen) atoms. The monoisotopic (exact) mass is 294 g/mol. The number of carbonyl (C=O) groups is 2. The van der Waals surface area contributed by atoms with E-state index in [0.717, 1.165) is 12.3 Å². The maximum absolute atomic E-state index is 13.0. The molecule has 0 saturated heterocycles. The van der Waals surface area contributed by atoms with E-state index in [-0.39, 0.29) is 21.8 Å².